The third-order valence-corrected chi connectivity index (χ3v) is 6.14. The molecule has 3 aromatic rings. The van der Waals surface area contributed by atoms with Crippen LogP contribution in [0.15, 0.2) is 48.5 Å². The maximum absolute atomic E-state index is 11.8. The summed E-state index contributed by atoms with van der Waals surface area (Å²) in [6.45, 7) is 6.27. The van der Waals surface area contributed by atoms with Crippen LogP contribution in [0.4, 0.5) is 5.95 Å². The molecule has 0 aliphatic carbocycles. The normalized spacial score (nSPS) is 14.0. The van der Waals surface area contributed by atoms with Gasteiger partial charge in [0.15, 0.2) is 0 Å². The van der Waals surface area contributed by atoms with E-state index < -0.39 is 0 Å². The van der Waals surface area contributed by atoms with Crippen LogP contribution in [-0.4, -0.2) is 65.6 Å². The highest BCUT2D eigenvalue weighted by Gasteiger charge is 2.22. The summed E-state index contributed by atoms with van der Waals surface area (Å²) in [5, 5.41) is 7.58. The molecule has 174 valence electrons. The molecule has 1 aliphatic heterocycles. The van der Waals surface area contributed by atoms with Crippen LogP contribution in [-0.2, 0) is 18.0 Å². The van der Waals surface area contributed by atoms with Crippen LogP contribution < -0.4 is 10.2 Å². The molecule has 1 N–H and O–H groups in total. The van der Waals surface area contributed by atoms with Crippen molar-refractivity contribution in [2.75, 3.05) is 45.3 Å². The summed E-state index contributed by atoms with van der Waals surface area (Å²) in [5.74, 6) is 0.763. The first-order chi connectivity index (χ1) is 16.0. The van der Waals surface area contributed by atoms with Crippen molar-refractivity contribution in [1.29, 1.82) is 0 Å². The standard InChI is InChI=1S/C24H30N6O2S/c1-18-6-4-5-7-21(18)30-23(28-12-14-32-15-13-28)26-29(24(30)33)17-27(3)16-19-8-10-20(11-9-19)22(31)25-2/h4-11H,12-17H2,1-3H3,(H,25,31). The van der Waals surface area contributed by atoms with Gasteiger partial charge >= 0.3 is 0 Å². The molecule has 1 fully saturated rings. The summed E-state index contributed by atoms with van der Waals surface area (Å²) in [7, 11) is 3.67. The lowest BCUT2D eigenvalue weighted by Gasteiger charge is -2.27. The third kappa shape index (κ3) is 5.16. The van der Waals surface area contributed by atoms with Gasteiger partial charge in [-0.05, 0) is 55.5 Å². The fourth-order valence-corrected chi connectivity index (χ4v) is 4.26. The zero-order valence-corrected chi connectivity index (χ0v) is 20.1. The number of amides is 1. The Kier molecular flexibility index (Phi) is 7.22. The molecule has 2 heterocycles. The second-order valence-corrected chi connectivity index (χ2v) is 8.60. The lowest BCUT2D eigenvalue weighted by molar-refractivity contribution is 0.0963. The first kappa shape index (κ1) is 23.2. The number of morpholine rings is 1. The van der Waals surface area contributed by atoms with Crippen LogP contribution in [0, 0.1) is 11.7 Å². The number of hydrogen-bond donors (Lipinski definition) is 1. The van der Waals surface area contributed by atoms with Crippen molar-refractivity contribution in [2.24, 2.45) is 0 Å². The number of nitrogens with one attached hydrogen (secondary N) is 1. The van der Waals surface area contributed by atoms with Gasteiger partial charge in [-0.1, -0.05) is 30.3 Å². The maximum Gasteiger partial charge on any atom is 0.251 e. The molecule has 4 rings (SSSR count). The molecule has 0 spiro atoms. The van der Waals surface area contributed by atoms with Crippen molar-refractivity contribution in [3.8, 4) is 5.69 Å². The number of carbonyl (C=O) groups excluding carboxylic acids is 1. The molecule has 2 aromatic carbocycles. The largest absolute Gasteiger partial charge is 0.378 e. The van der Waals surface area contributed by atoms with E-state index in [0.717, 1.165) is 35.9 Å². The molecule has 0 atom stereocenters. The van der Waals surface area contributed by atoms with E-state index in [1.165, 1.54) is 0 Å². The van der Waals surface area contributed by atoms with Crippen LogP contribution >= 0.6 is 12.2 Å². The number of anilines is 1. The molecule has 1 aromatic heterocycles. The van der Waals surface area contributed by atoms with Gasteiger partial charge in [0.1, 0.15) is 0 Å². The van der Waals surface area contributed by atoms with Crippen molar-refractivity contribution >= 4 is 24.1 Å². The Balaban J connectivity index is 1.59. The Labute approximate surface area is 199 Å². The van der Waals surface area contributed by atoms with Crippen molar-refractivity contribution in [1.82, 2.24) is 24.6 Å². The Morgan fingerprint density at radius 1 is 1.15 bits per heavy atom. The van der Waals surface area contributed by atoms with Gasteiger partial charge in [-0.3, -0.25) is 14.3 Å². The molecule has 8 nitrogen and oxygen atoms in total. The second kappa shape index (κ2) is 10.3. The summed E-state index contributed by atoms with van der Waals surface area (Å²) < 4.78 is 10.2. The lowest BCUT2D eigenvalue weighted by atomic mass is 10.1. The summed E-state index contributed by atoms with van der Waals surface area (Å²) in [6, 6.07) is 15.9. The number of benzene rings is 2. The SMILES string of the molecule is CNC(=O)c1ccc(CN(C)Cn2nc(N3CCOCC3)n(-c3ccccc3C)c2=S)cc1. The number of aromatic nitrogens is 3. The molecule has 0 bridgehead atoms. The van der Waals surface area contributed by atoms with E-state index >= 15 is 0 Å². The van der Waals surface area contributed by atoms with Crippen LogP contribution in [0.25, 0.3) is 5.69 Å². The predicted octanol–water partition coefficient (Wildman–Crippen LogP) is 3.00. The van der Waals surface area contributed by atoms with Gasteiger partial charge < -0.3 is 15.0 Å². The molecular formula is C24H30N6O2S. The topological polar surface area (TPSA) is 67.6 Å². The third-order valence-electron chi connectivity index (χ3n) is 5.74. The minimum atomic E-state index is -0.0846. The van der Waals surface area contributed by atoms with Gasteiger partial charge in [0.25, 0.3) is 5.91 Å². The van der Waals surface area contributed by atoms with E-state index in [1.807, 2.05) is 48.1 Å². The van der Waals surface area contributed by atoms with Crippen molar-refractivity contribution in [3.05, 3.63) is 70.0 Å². The summed E-state index contributed by atoms with van der Waals surface area (Å²) in [6.07, 6.45) is 0. The summed E-state index contributed by atoms with van der Waals surface area (Å²) >= 11 is 5.90. The monoisotopic (exact) mass is 466 g/mol. The van der Waals surface area contributed by atoms with Gasteiger partial charge in [-0.25, -0.2) is 4.68 Å². The molecule has 1 saturated heterocycles. The molecule has 9 heteroatoms. The van der Waals surface area contributed by atoms with E-state index in [0.29, 0.717) is 36.8 Å². The highest BCUT2D eigenvalue weighted by atomic mass is 32.1. The van der Waals surface area contributed by atoms with E-state index in [9.17, 15) is 4.79 Å². The zero-order chi connectivity index (χ0) is 23.4. The average Bonchev–Trinajstić information content (AvgIpc) is 3.15. The molecule has 0 radical (unpaired) electrons. The van der Waals surface area contributed by atoms with E-state index in [2.05, 4.69) is 38.7 Å². The number of para-hydroxylation sites is 1. The number of rotatable bonds is 7. The smallest absolute Gasteiger partial charge is 0.251 e. The van der Waals surface area contributed by atoms with Gasteiger partial charge in [0.05, 0.1) is 25.6 Å². The number of hydrogen-bond acceptors (Lipinski definition) is 6. The first-order valence-corrected chi connectivity index (χ1v) is 11.5. The number of ether oxygens (including phenoxy) is 1. The molecule has 0 saturated carbocycles. The van der Waals surface area contributed by atoms with Crippen LogP contribution in [0.2, 0.25) is 0 Å². The Morgan fingerprint density at radius 2 is 1.85 bits per heavy atom. The number of carbonyl (C=O) groups is 1. The highest BCUT2D eigenvalue weighted by Crippen LogP contribution is 2.23. The Bertz CT molecular complexity index is 1160. The van der Waals surface area contributed by atoms with Crippen LogP contribution in [0.1, 0.15) is 21.5 Å². The number of nitrogens with zero attached hydrogens (tertiary/aromatic N) is 5. The Hall–Kier alpha value is -3.01. The molecular weight excluding hydrogens is 436 g/mol. The molecule has 1 aliphatic rings. The molecule has 0 unspecified atom stereocenters. The fraction of sp³-hybridized carbons (Fsp3) is 0.375. The molecule has 33 heavy (non-hydrogen) atoms. The number of aryl methyl sites for hydroxylation is 1. The minimum Gasteiger partial charge on any atom is -0.378 e. The zero-order valence-electron chi connectivity index (χ0n) is 19.3. The van der Waals surface area contributed by atoms with Gasteiger partial charge in [-0.15, -0.1) is 5.10 Å². The summed E-state index contributed by atoms with van der Waals surface area (Å²) in [5.41, 5.74) is 3.96. The van der Waals surface area contributed by atoms with Crippen LogP contribution in [0.5, 0.6) is 0 Å². The fourth-order valence-electron chi connectivity index (χ4n) is 3.98. The van der Waals surface area contributed by atoms with Crippen LogP contribution in [0.3, 0.4) is 0 Å². The first-order valence-electron chi connectivity index (χ1n) is 11.1. The van der Waals surface area contributed by atoms with Gasteiger partial charge in [0, 0.05) is 32.2 Å². The maximum atomic E-state index is 11.8. The summed E-state index contributed by atoms with van der Waals surface area (Å²) in [4.78, 5) is 16.2. The predicted molar refractivity (Wildman–Crippen MR) is 131 cm³/mol. The quantitative estimate of drug-likeness (QED) is 0.540. The van der Waals surface area contributed by atoms with Gasteiger partial charge in [-0.2, -0.15) is 0 Å². The second-order valence-electron chi connectivity index (χ2n) is 8.24. The highest BCUT2D eigenvalue weighted by molar-refractivity contribution is 7.71. The van der Waals surface area contributed by atoms with Crippen molar-refractivity contribution in [3.63, 3.8) is 0 Å². The van der Waals surface area contributed by atoms with Gasteiger partial charge in [0.2, 0.25) is 10.7 Å². The van der Waals surface area contributed by atoms with E-state index in [4.69, 9.17) is 22.1 Å². The lowest BCUT2D eigenvalue weighted by Crippen LogP contribution is -2.38. The Morgan fingerprint density at radius 3 is 2.52 bits per heavy atom. The van der Waals surface area contributed by atoms with E-state index in [1.54, 1.807) is 7.05 Å². The van der Waals surface area contributed by atoms with E-state index in [-0.39, 0.29) is 5.91 Å². The minimum absolute atomic E-state index is 0.0846. The average molecular weight is 467 g/mol. The van der Waals surface area contributed by atoms with Crippen molar-refractivity contribution < 1.29 is 9.53 Å². The van der Waals surface area contributed by atoms with Crippen molar-refractivity contribution in [2.45, 2.75) is 20.1 Å². The molecule has 1 amide bonds.